The first kappa shape index (κ1) is 19.7. The van der Waals surface area contributed by atoms with Crippen molar-refractivity contribution in [2.24, 2.45) is 0 Å². The molecule has 0 atom stereocenters. The first-order chi connectivity index (χ1) is 14.6. The van der Waals surface area contributed by atoms with E-state index in [9.17, 15) is 5.11 Å². The Hall–Kier alpha value is -3.57. The Kier molecular flexibility index (Phi) is 5.82. The van der Waals surface area contributed by atoms with Gasteiger partial charge in [-0.2, -0.15) is 0 Å². The highest BCUT2D eigenvalue weighted by Gasteiger charge is 2.15. The lowest BCUT2D eigenvalue weighted by molar-refractivity contribution is 0.261. The van der Waals surface area contributed by atoms with E-state index in [-0.39, 0.29) is 5.75 Å². The van der Waals surface area contributed by atoms with Gasteiger partial charge in [-0.3, -0.25) is 0 Å². The number of phenols is 1. The van der Waals surface area contributed by atoms with Crippen molar-refractivity contribution in [3.8, 4) is 45.4 Å². The van der Waals surface area contributed by atoms with Gasteiger partial charge in [0.25, 0.3) is 0 Å². The Morgan fingerprint density at radius 1 is 0.833 bits per heavy atom. The number of aromatic nitrogens is 2. The molecular weight excluding hydrogens is 374 g/mol. The minimum Gasteiger partial charge on any atom is -0.508 e. The summed E-state index contributed by atoms with van der Waals surface area (Å²) in [4.78, 5) is 10.4. The molecule has 1 heterocycles. The average Bonchev–Trinajstić information content (AvgIpc) is 3.21. The minimum atomic E-state index is 0.235. The number of aromatic amines is 1. The van der Waals surface area contributed by atoms with Gasteiger partial charge in [0.2, 0.25) is 0 Å². The van der Waals surface area contributed by atoms with Gasteiger partial charge in [0.1, 0.15) is 23.9 Å². The highest BCUT2D eigenvalue weighted by molar-refractivity contribution is 5.81. The van der Waals surface area contributed by atoms with E-state index in [1.165, 1.54) is 0 Å². The molecule has 0 radical (unpaired) electrons. The molecule has 30 heavy (non-hydrogen) atoms. The number of benzene rings is 3. The van der Waals surface area contributed by atoms with Gasteiger partial charge >= 0.3 is 0 Å². The third-order valence-electron chi connectivity index (χ3n) is 4.84. The molecule has 1 aromatic heterocycles. The van der Waals surface area contributed by atoms with Crippen LogP contribution < -0.4 is 4.74 Å². The van der Waals surface area contributed by atoms with Crippen LogP contribution in [0.5, 0.6) is 11.5 Å². The average molecular weight is 399 g/mol. The number of nitrogens with zero attached hydrogens (tertiary/aromatic N) is 2. The highest BCUT2D eigenvalue weighted by Crippen LogP contribution is 2.34. The van der Waals surface area contributed by atoms with Gasteiger partial charge in [-0.25, -0.2) is 4.98 Å². The summed E-state index contributed by atoms with van der Waals surface area (Å²) in [6.45, 7) is 1.52. The summed E-state index contributed by atoms with van der Waals surface area (Å²) in [6.07, 6.45) is 0. The van der Waals surface area contributed by atoms with E-state index in [0.29, 0.717) is 6.61 Å². The summed E-state index contributed by atoms with van der Waals surface area (Å²) >= 11 is 0. The van der Waals surface area contributed by atoms with E-state index >= 15 is 0 Å². The summed E-state index contributed by atoms with van der Waals surface area (Å²) < 4.78 is 5.82. The monoisotopic (exact) mass is 399 g/mol. The maximum absolute atomic E-state index is 9.59. The molecule has 5 heteroatoms. The molecule has 0 saturated heterocycles. The minimum absolute atomic E-state index is 0.235. The summed E-state index contributed by atoms with van der Waals surface area (Å²) in [5.41, 5.74) is 4.83. The molecule has 0 aliphatic carbocycles. The fourth-order valence-electron chi connectivity index (χ4n) is 3.21. The second-order valence-corrected chi connectivity index (χ2v) is 7.40. The molecule has 0 fully saturated rings. The molecule has 0 amide bonds. The number of likely N-dealkylation sites (N-methyl/N-ethyl adjacent to an activating group) is 1. The van der Waals surface area contributed by atoms with Crippen molar-refractivity contribution in [3.63, 3.8) is 0 Å². The number of hydrogen-bond donors (Lipinski definition) is 2. The van der Waals surface area contributed by atoms with E-state index in [0.717, 1.165) is 46.2 Å². The van der Waals surface area contributed by atoms with Crippen molar-refractivity contribution in [3.05, 3.63) is 78.9 Å². The molecule has 152 valence electrons. The molecule has 2 N–H and O–H groups in total. The smallest absolute Gasteiger partial charge is 0.138 e. The predicted octanol–water partition coefficient (Wildman–Crippen LogP) is 5.06. The zero-order valence-electron chi connectivity index (χ0n) is 17.2. The quantitative estimate of drug-likeness (QED) is 0.456. The van der Waals surface area contributed by atoms with Crippen LogP contribution in [-0.2, 0) is 0 Å². The van der Waals surface area contributed by atoms with E-state index in [4.69, 9.17) is 9.72 Å². The van der Waals surface area contributed by atoms with Gasteiger partial charge in [-0.1, -0.05) is 30.3 Å². The Bertz CT molecular complexity index is 1090. The van der Waals surface area contributed by atoms with Gasteiger partial charge < -0.3 is 19.7 Å². The van der Waals surface area contributed by atoms with E-state index < -0.39 is 0 Å². The lowest BCUT2D eigenvalue weighted by atomic mass is 10.1. The van der Waals surface area contributed by atoms with Crippen LogP contribution in [0.4, 0.5) is 0 Å². The summed E-state index contributed by atoms with van der Waals surface area (Å²) in [7, 11) is 4.06. The third-order valence-corrected chi connectivity index (χ3v) is 4.84. The second-order valence-electron chi connectivity index (χ2n) is 7.40. The molecule has 4 rings (SSSR count). The third kappa shape index (κ3) is 4.53. The number of hydrogen-bond acceptors (Lipinski definition) is 4. The molecule has 0 bridgehead atoms. The van der Waals surface area contributed by atoms with Crippen molar-refractivity contribution < 1.29 is 9.84 Å². The Labute approximate surface area is 176 Å². The molecule has 0 unspecified atom stereocenters. The number of H-pyrrole nitrogens is 1. The highest BCUT2D eigenvalue weighted by atomic mass is 16.5. The molecule has 4 aromatic rings. The summed E-state index contributed by atoms with van der Waals surface area (Å²) in [5.74, 6) is 1.84. The summed E-state index contributed by atoms with van der Waals surface area (Å²) in [6, 6.07) is 25.2. The molecule has 3 aromatic carbocycles. The van der Waals surface area contributed by atoms with Crippen LogP contribution in [-0.4, -0.2) is 47.2 Å². The van der Waals surface area contributed by atoms with Crippen LogP contribution in [0.3, 0.4) is 0 Å². The molecule has 0 aliphatic rings. The number of phenolic OH excluding ortho intramolecular Hbond substituents is 1. The largest absolute Gasteiger partial charge is 0.508 e. The molecule has 5 nitrogen and oxygen atoms in total. The van der Waals surface area contributed by atoms with Crippen molar-refractivity contribution in [2.75, 3.05) is 27.2 Å². The maximum Gasteiger partial charge on any atom is 0.138 e. The lowest BCUT2D eigenvalue weighted by Gasteiger charge is -2.11. The standard InChI is InChI=1S/C25H25N3O2/c1-28(2)16-17-30-22-14-10-19(11-15-22)24-23(18-6-4-3-5-7-18)26-25(27-24)20-8-12-21(29)13-9-20/h3-15,29H,16-17H2,1-2H3,(H,26,27). The fourth-order valence-corrected chi connectivity index (χ4v) is 3.21. The summed E-state index contributed by atoms with van der Waals surface area (Å²) in [5, 5.41) is 9.59. The zero-order chi connectivity index (χ0) is 20.9. The van der Waals surface area contributed by atoms with Crippen LogP contribution in [0.1, 0.15) is 0 Å². The van der Waals surface area contributed by atoms with Gasteiger partial charge in [0, 0.05) is 23.2 Å². The molecule has 0 aliphatic heterocycles. The fraction of sp³-hybridized carbons (Fsp3) is 0.160. The van der Waals surface area contributed by atoms with Crippen LogP contribution in [0.2, 0.25) is 0 Å². The van der Waals surface area contributed by atoms with Crippen molar-refractivity contribution in [1.82, 2.24) is 14.9 Å². The SMILES string of the molecule is CN(C)CCOc1ccc(-c2[nH]c(-c3ccc(O)cc3)nc2-c2ccccc2)cc1. The first-order valence-electron chi connectivity index (χ1n) is 9.93. The van der Waals surface area contributed by atoms with Crippen molar-refractivity contribution >= 4 is 0 Å². The molecule has 0 spiro atoms. The number of rotatable bonds is 7. The number of nitrogens with one attached hydrogen (secondary N) is 1. The van der Waals surface area contributed by atoms with Crippen LogP contribution in [0, 0.1) is 0 Å². The topological polar surface area (TPSA) is 61.4 Å². The van der Waals surface area contributed by atoms with Crippen LogP contribution in [0.15, 0.2) is 78.9 Å². The first-order valence-corrected chi connectivity index (χ1v) is 9.93. The van der Waals surface area contributed by atoms with Gasteiger partial charge in [0.15, 0.2) is 0 Å². The Morgan fingerprint density at radius 3 is 2.17 bits per heavy atom. The van der Waals surface area contributed by atoms with Gasteiger partial charge in [-0.05, 0) is 62.6 Å². The number of imidazole rings is 1. The van der Waals surface area contributed by atoms with Crippen molar-refractivity contribution in [2.45, 2.75) is 0 Å². The maximum atomic E-state index is 9.59. The molecule has 0 saturated carbocycles. The zero-order valence-corrected chi connectivity index (χ0v) is 17.2. The van der Waals surface area contributed by atoms with Crippen molar-refractivity contribution in [1.29, 1.82) is 0 Å². The van der Waals surface area contributed by atoms with Gasteiger partial charge in [0.05, 0.1) is 11.4 Å². The lowest BCUT2D eigenvalue weighted by Crippen LogP contribution is -2.19. The number of ether oxygens (including phenoxy) is 1. The van der Waals surface area contributed by atoms with E-state index in [1.807, 2.05) is 68.7 Å². The second kappa shape index (κ2) is 8.84. The predicted molar refractivity (Wildman–Crippen MR) is 121 cm³/mol. The van der Waals surface area contributed by atoms with Crippen LogP contribution in [0.25, 0.3) is 33.9 Å². The van der Waals surface area contributed by atoms with E-state index in [1.54, 1.807) is 12.1 Å². The number of aromatic hydroxyl groups is 1. The van der Waals surface area contributed by atoms with E-state index in [2.05, 4.69) is 22.0 Å². The van der Waals surface area contributed by atoms with Crippen LogP contribution >= 0.6 is 0 Å². The normalized spacial score (nSPS) is 11.0. The molecular formula is C25H25N3O2. The Morgan fingerprint density at radius 2 is 1.50 bits per heavy atom. The van der Waals surface area contributed by atoms with Gasteiger partial charge in [-0.15, -0.1) is 0 Å². The Balaban J connectivity index is 1.68.